The first-order chi connectivity index (χ1) is 9.47. The summed E-state index contributed by atoms with van der Waals surface area (Å²) in [6.07, 6.45) is 0.666. The van der Waals surface area contributed by atoms with Crippen molar-refractivity contribution in [2.45, 2.75) is 19.4 Å². The van der Waals surface area contributed by atoms with Crippen molar-refractivity contribution >= 4 is 17.4 Å². The first-order valence-electron chi connectivity index (χ1n) is 6.11. The fraction of sp³-hybridized carbons (Fsp3) is 0.545. The number of nitrogens with zero attached hydrogens (tertiary/aromatic N) is 1. The maximum Gasteiger partial charge on any atom is 0.330 e. The summed E-state index contributed by atoms with van der Waals surface area (Å²) in [6.45, 7) is 0.865. The van der Waals surface area contributed by atoms with Crippen LogP contribution in [0.3, 0.4) is 0 Å². The Morgan fingerprint density at radius 3 is 2.75 bits per heavy atom. The van der Waals surface area contributed by atoms with E-state index in [9.17, 15) is 14.4 Å². The van der Waals surface area contributed by atoms with Crippen LogP contribution in [0, 0.1) is 0 Å². The first kappa shape index (κ1) is 15.8. The van der Waals surface area contributed by atoms with Crippen LogP contribution in [0.4, 0.5) is 11.5 Å². The predicted octanol–water partition coefficient (Wildman–Crippen LogP) is -1.56. The fourth-order valence-corrected chi connectivity index (χ4v) is 1.64. The van der Waals surface area contributed by atoms with Crippen LogP contribution in [0.5, 0.6) is 0 Å². The molecule has 0 spiro atoms. The summed E-state index contributed by atoms with van der Waals surface area (Å²) in [5.74, 6) is -0.381. The molecule has 20 heavy (non-hydrogen) atoms. The number of anilines is 2. The fourth-order valence-electron chi connectivity index (χ4n) is 1.64. The van der Waals surface area contributed by atoms with Crippen LogP contribution in [0.15, 0.2) is 9.59 Å². The van der Waals surface area contributed by atoms with Crippen molar-refractivity contribution < 1.29 is 9.53 Å². The number of aromatic nitrogens is 2. The van der Waals surface area contributed by atoms with Crippen LogP contribution < -0.4 is 28.0 Å². The second-order valence-corrected chi connectivity index (χ2v) is 4.16. The second-order valence-electron chi connectivity index (χ2n) is 4.16. The van der Waals surface area contributed by atoms with E-state index in [0.29, 0.717) is 13.0 Å². The molecule has 1 aromatic rings. The van der Waals surface area contributed by atoms with E-state index in [2.05, 4.69) is 10.3 Å². The van der Waals surface area contributed by atoms with E-state index in [1.54, 1.807) is 0 Å². The van der Waals surface area contributed by atoms with Crippen molar-refractivity contribution in [3.8, 4) is 0 Å². The van der Waals surface area contributed by atoms with Crippen molar-refractivity contribution in [3.05, 3.63) is 20.8 Å². The smallest absolute Gasteiger partial charge is 0.330 e. The summed E-state index contributed by atoms with van der Waals surface area (Å²) in [5, 5.41) is 2.80. The van der Waals surface area contributed by atoms with Gasteiger partial charge in [-0.25, -0.2) is 4.79 Å². The minimum absolute atomic E-state index is 0.0369. The SMILES string of the molecule is COCCn1c(N)c(NCCCC(N)=O)c(=O)[nH]c1=O. The quantitative estimate of drug-likeness (QED) is 0.425. The Morgan fingerprint density at radius 2 is 2.15 bits per heavy atom. The number of H-pyrrole nitrogens is 1. The monoisotopic (exact) mass is 285 g/mol. The van der Waals surface area contributed by atoms with Gasteiger partial charge in [0, 0.05) is 20.1 Å². The van der Waals surface area contributed by atoms with Gasteiger partial charge in [-0.05, 0) is 6.42 Å². The maximum absolute atomic E-state index is 11.7. The Labute approximate surface area is 114 Å². The van der Waals surface area contributed by atoms with Gasteiger partial charge >= 0.3 is 5.69 Å². The number of rotatable bonds is 8. The summed E-state index contributed by atoms with van der Waals surface area (Å²) in [4.78, 5) is 36.1. The number of nitrogens with one attached hydrogen (secondary N) is 2. The number of methoxy groups -OCH3 is 1. The van der Waals surface area contributed by atoms with E-state index in [4.69, 9.17) is 16.2 Å². The highest BCUT2D eigenvalue weighted by molar-refractivity contribution is 5.73. The summed E-state index contributed by atoms with van der Waals surface area (Å²) < 4.78 is 6.08. The number of primary amides is 1. The second kappa shape index (κ2) is 7.34. The Morgan fingerprint density at radius 1 is 1.45 bits per heavy atom. The number of carbonyl (C=O) groups excluding carboxylic acids is 1. The number of carbonyl (C=O) groups is 1. The zero-order valence-electron chi connectivity index (χ0n) is 11.3. The zero-order valence-corrected chi connectivity index (χ0v) is 11.3. The van der Waals surface area contributed by atoms with Crippen molar-refractivity contribution in [2.75, 3.05) is 31.3 Å². The van der Waals surface area contributed by atoms with Gasteiger partial charge in [0.2, 0.25) is 5.91 Å². The molecular weight excluding hydrogens is 266 g/mol. The number of hydrogen-bond acceptors (Lipinski definition) is 6. The lowest BCUT2D eigenvalue weighted by Crippen LogP contribution is -2.35. The molecule has 0 unspecified atom stereocenters. The number of nitrogens with two attached hydrogens (primary N) is 2. The molecular formula is C11H19N5O4. The molecule has 0 aliphatic rings. The van der Waals surface area contributed by atoms with E-state index in [-0.39, 0.29) is 31.1 Å². The van der Waals surface area contributed by atoms with Crippen molar-refractivity contribution in [2.24, 2.45) is 5.73 Å². The topological polar surface area (TPSA) is 145 Å². The van der Waals surface area contributed by atoms with E-state index in [1.807, 2.05) is 0 Å². The maximum atomic E-state index is 11.7. The van der Waals surface area contributed by atoms with E-state index in [0.717, 1.165) is 0 Å². The Bertz CT molecular complexity index is 577. The van der Waals surface area contributed by atoms with Crippen molar-refractivity contribution in [1.29, 1.82) is 0 Å². The van der Waals surface area contributed by atoms with E-state index < -0.39 is 17.2 Å². The first-order valence-corrected chi connectivity index (χ1v) is 6.11. The number of aromatic amines is 1. The molecule has 1 rings (SSSR count). The highest BCUT2D eigenvalue weighted by atomic mass is 16.5. The Balaban J connectivity index is 2.87. The van der Waals surface area contributed by atoms with Crippen LogP contribution in [-0.4, -0.2) is 35.7 Å². The molecule has 0 bridgehead atoms. The molecule has 0 saturated carbocycles. The third-order valence-electron chi connectivity index (χ3n) is 2.66. The molecule has 0 aromatic carbocycles. The zero-order chi connectivity index (χ0) is 15.1. The standard InChI is InChI=1S/C11H19N5O4/c1-20-6-5-16-9(13)8(10(18)15-11(16)19)14-4-2-3-7(12)17/h14H,2-6,13H2,1H3,(H2,12,17)(H,15,18,19). The molecule has 0 fully saturated rings. The van der Waals surface area contributed by atoms with Crippen LogP contribution in [-0.2, 0) is 16.1 Å². The molecule has 9 heteroatoms. The molecule has 1 aromatic heterocycles. The van der Waals surface area contributed by atoms with Gasteiger partial charge in [0.25, 0.3) is 5.56 Å². The lowest BCUT2D eigenvalue weighted by atomic mass is 10.3. The summed E-state index contributed by atoms with van der Waals surface area (Å²) in [7, 11) is 1.50. The van der Waals surface area contributed by atoms with E-state index in [1.165, 1.54) is 11.7 Å². The van der Waals surface area contributed by atoms with E-state index >= 15 is 0 Å². The minimum Gasteiger partial charge on any atom is -0.383 e. The predicted molar refractivity (Wildman–Crippen MR) is 74.5 cm³/mol. The van der Waals surface area contributed by atoms with Crippen LogP contribution in [0.25, 0.3) is 0 Å². The normalized spacial score (nSPS) is 10.4. The van der Waals surface area contributed by atoms with Gasteiger partial charge in [0.05, 0.1) is 13.2 Å². The van der Waals surface area contributed by atoms with Gasteiger partial charge in [-0.3, -0.25) is 19.1 Å². The highest BCUT2D eigenvalue weighted by Gasteiger charge is 2.11. The van der Waals surface area contributed by atoms with Crippen molar-refractivity contribution in [1.82, 2.24) is 9.55 Å². The minimum atomic E-state index is -0.597. The van der Waals surface area contributed by atoms with Crippen LogP contribution >= 0.6 is 0 Å². The molecule has 1 heterocycles. The molecule has 9 nitrogen and oxygen atoms in total. The number of nitrogen functional groups attached to an aromatic ring is 1. The van der Waals surface area contributed by atoms with Gasteiger partial charge in [0.1, 0.15) is 11.5 Å². The third-order valence-corrected chi connectivity index (χ3v) is 2.66. The molecule has 112 valence electrons. The summed E-state index contributed by atoms with van der Waals surface area (Å²) in [5.41, 5.74) is 9.73. The lowest BCUT2D eigenvalue weighted by Gasteiger charge is -2.13. The van der Waals surface area contributed by atoms with Crippen LogP contribution in [0.1, 0.15) is 12.8 Å². The number of amides is 1. The lowest BCUT2D eigenvalue weighted by molar-refractivity contribution is -0.118. The average Bonchev–Trinajstić information content (AvgIpc) is 2.37. The third kappa shape index (κ3) is 4.12. The molecule has 0 aliphatic heterocycles. The van der Waals surface area contributed by atoms with Gasteiger partial charge in [-0.15, -0.1) is 0 Å². The summed E-state index contributed by atoms with van der Waals surface area (Å²) in [6, 6.07) is 0. The average molecular weight is 285 g/mol. The largest absolute Gasteiger partial charge is 0.383 e. The van der Waals surface area contributed by atoms with Gasteiger partial charge in [-0.1, -0.05) is 0 Å². The Hall–Kier alpha value is -2.29. The molecule has 0 saturated heterocycles. The summed E-state index contributed by atoms with van der Waals surface area (Å²) >= 11 is 0. The van der Waals surface area contributed by atoms with Gasteiger partial charge in [-0.2, -0.15) is 0 Å². The van der Waals surface area contributed by atoms with Crippen molar-refractivity contribution in [3.63, 3.8) is 0 Å². The van der Waals surface area contributed by atoms with Crippen LogP contribution in [0.2, 0.25) is 0 Å². The highest BCUT2D eigenvalue weighted by Crippen LogP contribution is 2.09. The molecule has 0 atom stereocenters. The number of ether oxygens (including phenoxy) is 1. The van der Waals surface area contributed by atoms with Gasteiger partial charge < -0.3 is 21.5 Å². The molecule has 0 radical (unpaired) electrons. The Kier molecular flexibility index (Phi) is 5.78. The van der Waals surface area contributed by atoms with Gasteiger partial charge in [0.15, 0.2) is 0 Å². The number of hydrogen-bond donors (Lipinski definition) is 4. The molecule has 0 aliphatic carbocycles. The molecule has 1 amide bonds. The molecule has 6 N–H and O–H groups in total.